The summed E-state index contributed by atoms with van der Waals surface area (Å²) in [4.78, 5) is 29.5. The van der Waals surface area contributed by atoms with Gasteiger partial charge in [0.2, 0.25) is 0 Å². The van der Waals surface area contributed by atoms with E-state index in [-0.39, 0.29) is 11.4 Å². The lowest BCUT2D eigenvalue weighted by atomic mass is 10.1. The summed E-state index contributed by atoms with van der Waals surface area (Å²) in [6.07, 6.45) is 1.43. The first-order valence-corrected chi connectivity index (χ1v) is 8.48. The summed E-state index contributed by atoms with van der Waals surface area (Å²) < 4.78 is 12.4. The van der Waals surface area contributed by atoms with Crippen molar-refractivity contribution >= 4 is 11.9 Å². The summed E-state index contributed by atoms with van der Waals surface area (Å²) in [5.74, 6) is -1.29. The number of rotatable bonds is 3. The molecule has 0 unspecified atom stereocenters. The third-order valence-electron chi connectivity index (χ3n) is 3.26. The quantitative estimate of drug-likeness (QED) is 0.773. The second-order valence-corrected chi connectivity index (χ2v) is 8.15. The van der Waals surface area contributed by atoms with Crippen LogP contribution < -0.4 is 0 Å². The summed E-state index contributed by atoms with van der Waals surface area (Å²) in [6, 6.07) is 7.54. The molecule has 0 fully saturated rings. The molecule has 0 aliphatic heterocycles. The van der Waals surface area contributed by atoms with Crippen LogP contribution in [-0.4, -0.2) is 32.7 Å². The van der Waals surface area contributed by atoms with Crippen LogP contribution in [0.3, 0.4) is 0 Å². The maximum Gasteiger partial charge on any atom is 0.360 e. The van der Waals surface area contributed by atoms with Gasteiger partial charge in [-0.2, -0.15) is 0 Å². The van der Waals surface area contributed by atoms with Crippen LogP contribution in [0.5, 0.6) is 0 Å². The van der Waals surface area contributed by atoms with Crippen LogP contribution in [0.25, 0.3) is 5.69 Å². The molecule has 0 N–H and O–H groups in total. The van der Waals surface area contributed by atoms with E-state index in [1.165, 1.54) is 6.33 Å². The van der Waals surface area contributed by atoms with Crippen molar-refractivity contribution in [1.82, 2.24) is 9.55 Å². The van der Waals surface area contributed by atoms with Gasteiger partial charge in [0.1, 0.15) is 17.5 Å². The minimum atomic E-state index is -0.704. The number of ether oxygens (including phenoxy) is 2. The maximum atomic E-state index is 12.8. The predicted octanol–water partition coefficient (Wildman–Crippen LogP) is 4.09. The summed E-state index contributed by atoms with van der Waals surface area (Å²) >= 11 is 0. The molecule has 0 radical (unpaired) electrons. The van der Waals surface area contributed by atoms with Gasteiger partial charge in [0.05, 0.1) is 0 Å². The first-order chi connectivity index (χ1) is 11.9. The molecule has 0 saturated heterocycles. The van der Waals surface area contributed by atoms with Gasteiger partial charge in [-0.15, -0.1) is 0 Å². The molecule has 0 spiro atoms. The van der Waals surface area contributed by atoms with E-state index in [1.54, 1.807) is 46.1 Å². The van der Waals surface area contributed by atoms with E-state index in [4.69, 9.17) is 9.47 Å². The fourth-order valence-electron chi connectivity index (χ4n) is 2.25. The minimum Gasteiger partial charge on any atom is -0.455 e. The Morgan fingerprint density at radius 1 is 0.885 bits per heavy atom. The number of aromatic nitrogens is 2. The first-order valence-electron chi connectivity index (χ1n) is 8.48. The number of hydrogen-bond acceptors (Lipinski definition) is 5. The topological polar surface area (TPSA) is 70.4 Å². The molecule has 0 aliphatic rings. The Kier molecular flexibility index (Phi) is 5.26. The Morgan fingerprint density at radius 2 is 1.38 bits per heavy atom. The fraction of sp³-hybridized carbons (Fsp3) is 0.450. The van der Waals surface area contributed by atoms with Crippen molar-refractivity contribution in [3.8, 4) is 5.69 Å². The fourth-order valence-corrected chi connectivity index (χ4v) is 2.25. The number of carbonyl (C=O) groups excluding carboxylic acids is 2. The van der Waals surface area contributed by atoms with Crippen LogP contribution in [-0.2, 0) is 9.47 Å². The standard InChI is InChI=1S/C20H26N2O4/c1-13-8-10-14(11-9-13)22-12-21-15(17(23)25-19(2,3)4)16(22)18(24)26-20(5,6)7/h8-12H,1-7H3. The van der Waals surface area contributed by atoms with Crippen molar-refractivity contribution in [3.63, 3.8) is 0 Å². The van der Waals surface area contributed by atoms with Crippen molar-refractivity contribution in [2.45, 2.75) is 59.7 Å². The molecule has 0 bridgehead atoms. The van der Waals surface area contributed by atoms with Crippen LogP contribution in [0, 0.1) is 6.92 Å². The van der Waals surface area contributed by atoms with Gasteiger partial charge in [-0.1, -0.05) is 17.7 Å². The lowest BCUT2D eigenvalue weighted by molar-refractivity contribution is 0.000944. The number of esters is 2. The second-order valence-electron chi connectivity index (χ2n) is 8.15. The zero-order chi connectivity index (χ0) is 19.7. The molecule has 26 heavy (non-hydrogen) atoms. The molecule has 0 amide bonds. The number of benzene rings is 1. The Hall–Kier alpha value is -2.63. The Bertz CT molecular complexity index is 806. The molecule has 0 atom stereocenters. The molecule has 140 valence electrons. The monoisotopic (exact) mass is 358 g/mol. The Labute approximate surface area is 154 Å². The van der Waals surface area contributed by atoms with Gasteiger partial charge >= 0.3 is 11.9 Å². The SMILES string of the molecule is Cc1ccc(-n2cnc(C(=O)OC(C)(C)C)c2C(=O)OC(C)(C)C)cc1. The van der Waals surface area contributed by atoms with Gasteiger partial charge in [0.15, 0.2) is 11.4 Å². The van der Waals surface area contributed by atoms with E-state index in [0.29, 0.717) is 5.69 Å². The molecular weight excluding hydrogens is 332 g/mol. The van der Waals surface area contributed by atoms with Crippen molar-refractivity contribution in [1.29, 1.82) is 0 Å². The van der Waals surface area contributed by atoms with E-state index in [0.717, 1.165) is 5.56 Å². The molecule has 0 aliphatic carbocycles. The third kappa shape index (κ3) is 4.94. The van der Waals surface area contributed by atoms with E-state index >= 15 is 0 Å². The summed E-state index contributed by atoms with van der Waals surface area (Å²) in [6.45, 7) is 12.6. The van der Waals surface area contributed by atoms with Gasteiger partial charge in [0, 0.05) is 5.69 Å². The zero-order valence-corrected chi connectivity index (χ0v) is 16.4. The third-order valence-corrected chi connectivity index (χ3v) is 3.26. The number of aryl methyl sites for hydroxylation is 1. The maximum absolute atomic E-state index is 12.8. The minimum absolute atomic E-state index is 0.0537. The lowest BCUT2D eigenvalue weighted by Crippen LogP contribution is -2.29. The van der Waals surface area contributed by atoms with Crippen LogP contribution in [0.4, 0.5) is 0 Å². The van der Waals surface area contributed by atoms with Crippen molar-refractivity contribution < 1.29 is 19.1 Å². The lowest BCUT2D eigenvalue weighted by Gasteiger charge is -2.21. The molecular formula is C20H26N2O4. The van der Waals surface area contributed by atoms with Crippen molar-refractivity contribution in [2.75, 3.05) is 0 Å². The highest BCUT2D eigenvalue weighted by molar-refractivity contribution is 6.01. The molecule has 6 nitrogen and oxygen atoms in total. The summed E-state index contributed by atoms with van der Waals surface area (Å²) in [7, 11) is 0. The average molecular weight is 358 g/mol. The van der Waals surface area contributed by atoms with Gasteiger partial charge in [-0.25, -0.2) is 14.6 Å². The normalized spacial score (nSPS) is 12.0. The van der Waals surface area contributed by atoms with E-state index < -0.39 is 23.1 Å². The van der Waals surface area contributed by atoms with Gasteiger partial charge in [-0.05, 0) is 60.6 Å². The van der Waals surface area contributed by atoms with Crippen LogP contribution in [0.2, 0.25) is 0 Å². The second kappa shape index (κ2) is 6.94. The largest absolute Gasteiger partial charge is 0.455 e. The van der Waals surface area contributed by atoms with E-state index in [1.807, 2.05) is 31.2 Å². The molecule has 2 rings (SSSR count). The molecule has 1 aromatic heterocycles. The van der Waals surface area contributed by atoms with Gasteiger partial charge in [0.25, 0.3) is 0 Å². The number of nitrogens with zero attached hydrogens (tertiary/aromatic N) is 2. The highest BCUT2D eigenvalue weighted by Gasteiger charge is 2.31. The van der Waals surface area contributed by atoms with Gasteiger partial charge in [-0.3, -0.25) is 4.57 Å². The van der Waals surface area contributed by atoms with Crippen LogP contribution in [0.1, 0.15) is 68.1 Å². The first kappa shape index (κ1) is 19.7. The Morgan fingerprint density at radius 3 is 1.88 bits per heavy atom. The molecule has 1 heterocycles. The highest BCUT2D eigenvalue weighted by atomic mass is 16.6. The highest BCUT2D eigenvalue weighted by Crippen LogP contribution is 2.22. The van der Waals surface area contributed by atoms with E-state index in [9.17, 15) is 9.59 Å². The predicted molar refractivity (Wildman–Crippen MR) is 98.6 cm³/mol. The molecule has 6 heteroatoms. The van der Waals surface area contributed by atoms with Crippen LogP contribution in [0.15, 0.2) is 30.6 Å². The number of hydrogen-bond donors (Lipinski definition) is 0. The zero-order valence-electron chi connectivity index (χ0n) is 16.4. The van der Waals surface area contributed by atoms with E-state index in [2.05, 4.69) is 4.98 Å². The molecule has 0 saturated carbocycles. The Balaban J connectivity index is 2.54. The molecule has 1 aromatic carbocycles. The summed E-state index contributed by atoms with van der Waals surface area (Å²) in [5.41, 5.74) is 0.382. The molecule has 2 aromatic rings. The van der Waals surface area contributed by atoms with Crippen LogP contribution >= 0.6 is 0 Å². The van der Waals surface area contributed by atoms with Gasteiger partial charge < -0.3 is 9.47 Å². The smallest absolute Gasteiger partial charge is 0.360 e. The average Bonchev–Trinajstić information content (AvgIpc) is 2.89. The number of carbonyl (C=O) groups is 2. The van der Waals surface area contributed by atoms with Crippen molar-refractivity contribution in [2.24, 2.45) is 0 Å². The summed E-state index contributed by atoms with van der Waals surface area (Å²) in [5, 5.41) is 0. The van der Waals surface area contributed by atoms with Crippen molar-refractivity contribution in [3.05, 3.63) is 47.5 Å². The number of imidazole rings is 1.